The number of aliphatic imine (C=N–C) groups is 1. The molecule has 0 saturated heterocycles. The van der Waals surface area contributed by atoms with Crippen molar-refractivity contribution in [1.82, 2.24) is 16.0 Å². The standard InChI is InChI=1S/C18H27ClN4O2.HI/c1-3-20-18(22-10-9-21-17(24)14-7-8-14)23-12-13(2)25-16-6-4-5-15(19)11-16;/h4-6,11,13-14H,3,7-10,12H2,1-2H3,(H,21,24)(H2,20,22,23);1H. The highest BCUT2D eigenvalue weighted by molar-refractivity contribution is 14.0. The summed E-state index contributed by atoms with van der Waals surface area (Å²) in [5.41, 5.74) is 0. The zero-order chi connectivity index (χ0) is 18.1. The second-order valence-corrected chi connectivity index (χ2v) is 6.53. The van der Waals surface area contributed by atoms with Gasteiger partial charge < -0.3 is 20.7 Å². The lowest BCUT2D eigenvalue weighted by Gasteiger charge is -2.15. The summed E-state index contributed by atoms with van der Waals surface area (Å²) in [5, 5.41) is 9.97. The molecule has 1 unspecified atom stereocenters. The molecule has 2 rings (SSSR count). The van der Waals surface area contributed by atoms with Gasteiger partial charge in [0, 0.05) is 30.6 Å². The molecular weight excluding hydrogens is 467 g/mol. The Morgan fingerprint density at radius 2 is 2.04 bits per heavy atom. The van der Waals surface area contributed by atoms with E-state index in [1.54, 1.807) is 6.07 Å². The number of halogens is 2. The molecule has 0 radical (unpaired) electrons. The molecule has 0 aromatic heterocycles. The minimum absolute atomic E-state index is 0. The van der Waals surface area contributed by atoms with Gasteiger partial charge >= 0.3 is 0 Å². The molecule has 1 saturated carbocycles. The zero-order valence-electron chi connectivity index (χ0n) is 15.3. The van der Waals surface area contributed by atoms with E-state index in [2.05, 4.69) is 20.9 Å². The topological polar surface area (TPSA) is 74.8 Å². The molecule has 1 aromatic carbocycles. The number of ether oxygens (including phenoxy) is 1. The SMILES string of the molecule is CCNC(=NCC(C)Oc1cccc(Cl)c1)NCCNC(=O)C1CC1.I. The number of nitrogens with one attached hydrogen (secondary N) is 3. The van der Waals surface area contributed by atoms with E-state index in [0.717, 1.165) is 25.1 Å². The van der Waals surface area contributed by atoms with Crippen LogP contribution in [0.25, 0.3) is 0 Å². The van der Waals surface area contributed by atoms with Crippen LogP contribution >= 0.6 is 35.6 Å². The van der Waals surface area contributed by atoms with Crippen LogP contribution in [0.2, 0.25) is 5.02 Å². The molecule has 26 heavy (non-hydrogen) atoms. The highest BCUT2D eigenvalue weighted by Gasteiger charge is 2.28. The molecule has 6 nitrogen and oxygen atoms in total. The molecule has 0 heterocycles. The largest absolute Gasteiger partial charge is 0.489 e. The summed E-state index contributed by atoms with van der Waals surface area (Å²) >= 11 is 5.96. The number of rotatable bonds is 9. The van der Waals surface area contributed by atoms with Gasteiger partial charge in [-0.15, -0.1) is 24.0 Å². The normalized spacial score (nSPS) is 14.8. The number of guanidine groups is 1. The molecule has 0 spiro atoms. The summed E-state index contributed by atoms with van der Waals surface area (Å²) in [7, 11) is 0. The predicted molar refractivity (Wildman–Crippen MR) is 117 cm³/mol. The van der Waals surface area contributed by atoms with Gasteiger partial charge in [0.05, 0.1) is 6.54 Å². The average Bonchev–Trinajstić information content (AvgIpc) is 3.41. The lowest BCUT2D eigenvalue weighted by molar-refractivity contribution is -0.122. The maximum Gasteiger partial charge on any atom is 0.223 e. The number of nitrogens with zero attached hydrogens (tertiary/aromatic N) is 1. The Bertz CT molecular complexity index is 596. The van der Waals surface area contributed by atoms with E-state index in [1.807, 2.05) is 32.0 Å². The Kier molecular flexibility index (Phi) is 10.7. The molecule has 1 amide bonds. The van der Waals surface area contributed by atoms with Crippen LogP contribution in [0.4, 0.5) is 0 Å². The van der Waals surface area contributed by atoms with Crippen LogP contribution in [0.5, 0.6) is 5.75 Å². The molecule has 0 bridgehead atoms. The summed E-state index contributed by atoms with van der Waals surface area (Å²) in [6.45, 7) is 6.48. The lowest BCUT2D eigenvalue weighted by Crippen LogP contribution is -2.42. The highest BCUT2D eigenvalue weighted by atomic mass is 127. The minimum atomic E-state index is -0.0801. The molecule has 1 atom stereocenters. The summed E-state index contributed by atoms with van der Waals surface area (Å²) < 4.78 is 5.81. The van der Waals surface area contributed by atoms with Crippen LogP contribution in [0.15, 0.2) is 29.3 Å². The fourth-order valence-electron chi connectivity index (χ4n) is 2.23. The number of carbonyl (C=O) groups excluding carboxylic acids is 1. The van der Waals surface area contributed by atoms with Crippen molar-refractivity contribution in [2.45, 2.75) is 32.8 Å². The summed E-state index contributed by atoms with van der Waals surface area (Å²) in [5.74, 6) is 1.85. The quantitative estimate of drug-likeness (QED) is 0.214. The van der Waals surface area contributed by atoms with E-state index in [4.69, 9.17) is 16.3 Å². The second-order valence-electron chi connectivity index (χ2n) is 6.10. The minimum Gasteiger partial charge on any atom is -0.489 e. The van der Waals surface area contributed by atoms with E-state index >= 15 is 0 Å². The summed E-state index contributed by atoms with van der Waals surface area (Å²) in [4.78, 5) is 16.1. The average molecular weight is 495 g/mol. The monoisotopic (exact) mass is 494 g/mol. The highest BCUT2D eigenvalue weighted by Crippen LogP contribution is 2.28. The van der Waals surface area contributed by atoms with E-state index in [9.17, 15) is 4.79 Å². The lowest BCUT2D eigenvalue weighted by atomic mass is 10.3. The summed E-state index contributed by atoms with van der Waals surface area (Å²) in [6.07, 6.45) is 1.96. The Labute approximate surface area is 177 Å². The maximum atomic E-state index is 11.6. The van der Waals surface area contributed by atoms with Gasteiger partial charge in [0.25, 0.3) is 0 Å². The first kappa shape index (κ1) is 22.8. The molecule has 0 aliphatic heterocycles. The Morgan fingerprint density at radius 3 is 2.69 bits per heavy atom. The molecule has 1 aliphatic rings. The number of hydrogen-bond donors (Lipinski definition) is 3. The van der Waals surface area contributed by atoms with Crippen LogP contribution in [-0.4, -0.2) is 44.1 Å². The number of hydrogen-bond acceptors (Lipinski definition) is 3. The van der Waals surface area contributed by atoms with Crippen molar-refractivity contribution in [3.63, 3.8) is 0 Å². The molecule has 1 aromatic rings. The molecule has 3 N–H and O–H groups in total. The van der Waals surface area contributed by atoms with Gasteiger partial charge in [0.15, 0.2) is 5.96 Å². The van der Waals surface area contributed by atoms with Crippen molar-refractivity contribution in [1.29, 1.82) is 0 Å². The van der Waals surface area contributed by atoms with Gasteiger partial charge in [-0.2, -0.15) is 0 Å². The summed E-state index contributed by atoms with van der Waals surface area (Å²) in [6, 6.07) is 7.33. The third kappa shape index (κ3) is 8.93. The third-order valence-corrected chi connectivity index (χ3v) is 3.88. The first-order valence-electron chi connectivity index (χ1n) is 8.80. The van der Waals surface area contributed by atoms with Gasteiger partial charge in [-0.3, -0.25) is 4.79 Å². The van der Waals surface area contributed by atoms with Gasteiger partial charge in [0.1, 0.15) is 11.9 Å². The Morgan fingerprint density at radius 1 is 1.31 bits per heavy atom. The van der Waals surface area contributed by atoms with Crippen LogP contribution in [0, 0.1) is 5.92 Å². The van der Waals surface area contributed by atoms with E-state index < -0.39 is 0 Å². The number of benzene rings is 1. The van der Waals surface area contributed by atoms with Crippen LogP contribution in [0.1, 0.15) is 26.7 Å². The number of amides is 1. The Hall–Kier alpha value is -1.22. The van der Waals surface area contributed by atoms with Gasteiger partial charge in [-0.1, -0.05) is 17.7 Å². The number of carbonyl (C=O) groups is 1. The predicted octanol–water partition coefficient (Wildman–Crippen LogP) is 2.81. The van der Waals surface area contributed by atoms with Crippen molar-refractivity contribution >= 4 is 47.4 Å². The smallest absolute Gasteiger partial charge is 0.223 e. The molecular formula is C18H28ClIN4O2. The molecule has 146 valence electrons. The second kappa shape index (κ2) is 12.2. The fourth-order valence-corrected chi connectivity index (χ4v) is 2.41. The maximum absolute atomic E-state index is 11.6. The van der Waals surface area contributed by atoms with Crippen molar-refractivity contribution in [3.05, 3.63) is 29.3 Å². The molecule has 1 fully saturated rings. The van der Waals surface area contributed by atoms with Gasteiger partial charge in [0.2, 0.25) is 5.91 Å². The fraction of sp³-hybridized carbons (Fsp3) is 0.556. The zero-order valence-corrected chi connectivity index (χ0v) is 18.3. The van der Waals surface area contributed by atoms with E-state index in [0.29, 0.717) is 30.6 Å². The van der Waals surface area contributed by atoms with E-state index in [1.165, 1.54) is 0 Å². The van der Waals surface area contributed by atoms with Gasteiger partial charge in [-0.25, -0.2) is 4.99 Å². The van der Waals surface area contributed by atoms with Crippen LogP contribution in [-0.2, 0) is 4.79 Å². The Balaban J connectivity index is 0.00000338. The van der Waals surface area contributed by atoms with Crippen LogP contribution < -0.4 is 20.7 Å². The molecule has 1 aliphatic carbocycles. The van der Waals surface area contributed by atoms with Crippen molar-refractivity contribution < 1.29 is 9.53 Å². The first-order valence-corrected chi connectivity index (χ1v) is 9.18. The molecule has 8 heteroatoms. The van der Waals surface area contributed by atoms with Crippen LogP contribution in [0.3, 0.4) is 0 Å². The van der Waals surface area contributed by atoms with Gasteiger partial charge in [-0.05, 0) is 44.9 Å². The third-order valence-electron chi connectivity index (χ3n) is 3.65. The van der Waals surface area contributed by atoms with Crippen molar-refractivity contribution in [2.75, 3.05) is 26.2 Å². The van der Waals surface area contributed by atoms with Crippen molar-refractivity contribution in [2.24, 2.45) is 10.9 Å². The van der Waals surface area contributed by atoms with Crippen molar-refractivity contribution in [3.8, 4) is 5.75 Å². The van der Waals surface area contributed by atoms with E-state index in [-0.39, 0.29) is 41.9 Å². The first-order chi connectivity index (χ1) is 12.1.